The van der Waals surface area contributed by atoms with Crippen LogP contribution in [0.3, 0.4) is 0 Å². The summed E-state index contributed by atoms with van der Waals surface area (Å²) in [5.41, 5.74) is 6.24. The molecule has 5 nitrogen and oxygen atoms in total. The van der Waals surface area contributed by atoms with Crippen molar-refractivity contribution in [3.05, 3.63) is 19.0 Å². The first kappa shape index (κ1) is 12.6. The van der Waals surface area contributed by atoms with Gasteiger partial charge in [-0.2, -0.15) is 16.7 Å². The second kappa shape index (κ2) is 6.95. The molecule has 0 aromatic carbocycles. The highest BCUT2D eigenvalue weighted by atomic mass is 32.2. The molecule has 0 fully saturated rings. The van der Waals surface area contributed by atoms with Crippen molar-refractivity contribution in [1.82, 2.24) is 9.97 Å². The van der Waals surface area contributed by atoms with Gasteiger partial charge in [-0.15, -0.1) is 6.58 Å². The van der Waals surface area contributed by atoms with Gasteiger partial charge in [0.25, 0.3) is 0 Å². The van der Waals surface area contributed by atoms with E-state index in [1.807, 2.05) is 6.08 Å². The van der Waals surface area contributed by atoms with Crippen molar-refractivity contribution in [2.24, 2.45) is 0 Å². The van der Waals surface area contributed by atoms with Crippen LogP contribution in [0, 0.1) is 0 Å². The maximum atomic E-state index is 5.80. The highest BCUT2D eigenvalue weighted by Crippen LogP contribution is 2.23. The average molecular weight is 240 g/mol. The van der Waals surface area contributed by atoms with Gasteiger partial charge in [0.05, 0.1) is 7.11 Å². The molecule has 1 aromatic rings. The molecule has 16 heavy (non-hydrogen) atoms. The molecule has 0 atom stereocenters. The molecular formula is C10H16N4OS. The maximum absolute atomic E-state index is 5.80. The van der Waals surface area contributed by atoms with E-state index < -0.39 is 0 Å². The molecule has 1 heterocycles. The monoisotopic (exact) mass is 240 g/mol. The van der Waals surface area contributed by atoms with Crippen molar-refractivity contribution >= 4 is 23.3 Å². The third kappa shape index (κ3) is 3.62. The van der Waals surface area contributed by atoms with E-state index in [1.165, 1.54) is 13.4 Å². The lowest BCUT2D eigenvalue weighted by Gasteiger charge is -2.09. The summed E-state index contributed by atoms with van der Waals surface area (Å²) in [6, 6.07) is 0. The van der Waals surface area contributed by atoms with Gasteiger partial charge >= 0.3 is 0 Å². The number of nitrogens with zero attached hydrogens (tertiary/aromatic N) is 2. The minimum Gasteiger partial charge on any atom is -0.479 e. The van der Waals surface area contributed by atoms with Crippen LogP contribution >= 0.6 is 11.8 Å². The van der Waals surface area contributed by atoms with E-state index in [0.29, 0.717) is 17.4 Å². The third-order valence-electron chi connectivity index (χ3n) is 1.82. The largest absolute Gasteiger partial charge is 0.479 e. The smallest absolute Gasteiger partial charge is 0.242 e. The first-order chi connectivity index (χ1) is 7.79. The minimum atomic E-state index is 0.399. The number of hydrogen-bond donors (Lipinski definition) is 2. The van der Waals surface area contributed by atoms with Crippen molar-refractivity contribution in [2.45, 2.75) is 0 Å². The number of ether oxygens (including phenoxy) is 1. The number of nitrogen functional groups attached to an aromatic ring is 1. The van der Waals surface area contributed by atoms with Crippen molar-refractivity contribution in [2.75, 3.05) is 36.2 Å². The second-order valence-electron chi connectivity index (χ2n) is 2.94. The Bertz CT molecular complexity index is 346. The van der Waals surface area contributed by atoms with Crippen LogP contribution in [0.25, 0.3) is 0 Å². The molecule has 0 saturated heterocycles. The van der Waals surface area contributed by atoms with Crippen LogP contribution in [-0.2, 0) is 0 Å². The van der Waals surface area contributed by atoms with E-state index in [0.717, 1.165) is 18.1 Å². The van der Waals surface area contributed by atoms with Gasteiger partial charge in [0.2, 0.25) is 5.88 Å². The lowest BCUT2D eigenvalue weighted by Crippen LogP contribution is -2.09. The predicted molar refractivity (Wildman–Crippen MR) is 69.0 cm³/mol. The Morgan fingerprint density at radius 1 is 1.62 bits per heavy atom. The zero-order valence-corrected chi connectivity index (χ0v) is 10.1. The zero-order chi connectivity index (χ0) is 11.8. The quantitative estimate of drug-likeness (QED) is 0.554. The van der Waals surface area contributed by atoms with Gasteiger partial charge in [0.1, 0.15) is 12.0 Å². The van der Waals surface area contributed by atoms with Gasteiger partial charge in [0, 0.05) is 18.1 Å². The normalized spacial score (nSPS) is 9.81. The molecule has 0 aliphatic rings. The molecule has 0 aliphatic heterocycles. The first-order valence-corrected chi connectivity index (χ1v) is 6.02. The number of rotatable bonds is 7. The van der Waals surface area contributed by atoms with Gasteiger partial charge in [-0.1, -0.05) is 6.08 Å². The topological polar surface area (TPSA) is 73.1 Å². The van der Waals surface area contributed by atoms with Crippen LogP contribution in [-0.4, -0.2) is 35.1 Å². The number of nitrogens with two attached hydrogens (primary N) is 1. The van der Waals surface area contributed by atoms with E-state index in [2.05, 4.69) is 21.9 Å². The van der Waals surface area contributed by atoms with Crippen LogP contribution in [0.5, 0.6) is 5.88 Å². The van der Waals surface area contributed by atoms with Gasteiger partial charge in [-0.25, -0.2) is 4.98 Å². The Morgan fingerprint density at radius 3 is 3.12 bits per heavy atom. The molecule has 1 aromatic heterocycles. The van der Waals surface area contributed by atoms with Crippen LogP contribution in [0.1, 0.15) is 0 Å². The summed E-state index contributed by atoms with van der Waals surface area (Å²) in [6.07, 6.45) is 3.31. The fraction of sp³-hybridized carbons (Fsp3) is 0.400. The van der Waals surface area contributed by atoms with Gasteiger partial charge in [-0.05, 0) is 0 Å². The summed E-state index contributed by atoms with van der Waals surface area (Å²) < 4.78 is 5.00. The van der Waals surface area contributed by atoms with Crippen molar-refractivity contribution in [1.29, 1.82) is 0 Å². The van der Waals surface area contributed by atoms with E-state index >= 15 is 0 Å². The SMILES string of the molecule is C=CCSCCNc1ncnc(OC)c1N. The van der Waals surface area contributed by atoms with E-state index in [1.54, 1.807) is 11.8 Å². The molecule has 0 spiro atoms. The Morgan fingerprint density at radius 2 is 2.44 bits per heavy atom. The van der Waals surface area contributed by atoms with Crippen molar-refractivity contribution in [3.8, 4) is 5.88 Å². The number of nitrogens with one attached hydrogen (secondary N) is 1. The lowest BCUT2D eigenvalue weighted by atomic mass is 10.4. The predicted octanol–water partition coefficient (Wildman–Crippen LogP) is 1.40. The zero-order valence-electron chi connectivity index (χ0n) is 9.27. The fourth-order valence-corrected chi connectivity index (χ4v) is 1.67. The molecule has 3 N–H and O–H groups in total. The number of thioether (sulfide) groups is 1. The van der Waals surface area contributed by atoms with Crippen molar-refractivity contribution in [3.63, 3.8) is 0 Å². The van der Waals surface area contributed by atoms with Gasteiger partial charge < -0.3 is 15.8 Å². The number of anilines is 2. The minimum absolute atomic E-state index is 0.399. The molecular weight excluding hydrogens is 224 g/mol. The Hall–Kier alpha value is -1.43. The van der Waals surface area contributed by atoms with E-state index in [4.69, 9.17) is 10.5 Å². The Kier molecular flexibility index (Phi) is 5.49. The summed E-state index contributed by atoms with van der Waals surface area (Å²) in [4.78, 5) is 7.95. The number of methoxy groups -OCH3 is 1. The van der Waals surface area contributed by atoms with E-state index in [9.17, 15) is 0 Å². The summed E-state index contributed by atoms with van der Waals surface area (Å²) in [5, 5.41) is 3.14. The van der Waals surface area contributed by atoms with Crippen LogP contribution < -0.4 is 15.8 Å². The Balaban J connectivity index is 2.44. The van der Waals surface area contributed by atoms with Crippen molar-refractivity contribution < 1.29 is 4.74 Å². The molecule has 0 amide bonds. The highest BCUT2D eigenvalue weighted by Gasteiger charge is 2.06. The molecule has 88 valence electrons. The second-order valence-corrected chi connectivity index (χ2v) is 4.09. The van der Waals surface area contributed by atoms with Gasteiger partial charge in [0.15, 0.2) is 5.82 Å². The molecule has 0 bridgehead atoms. The maximum Gasteiger partial charge on any atom is 0.242 e. The van der Waals surface area contributed by atoms with Crippen LogP contribution in [0.2, 0.25) is 0 Å². The fourth-order valence-electron chi connectivity index (χ4n) is 1.09. The molecule has 0 saturated carbocycles. The Labute approximate surface area is 99.5 Å². The highest BCUT2D eigenvalue weighted by molar-refractivity contribution is 7.99. The average Bonchev–Trinajstić information content (AvgIpc) is 2.31. The summed E-state index contributed by atoms with van der Waals surface area (Å²) in [6.45, 7) is 4.45. The molecule has 6 heteroatoms. The number of aromatic nitrogens is 2. The molecule has 0 unspecified atom stereocenters. The molecule has 0 radical (unpaired) electrons. The third-order valence-corrected chi connectivity index (χ3v) is 2.78. The van der Waals surface area contributed by atoms with E-state index in [-0.39, 0.29) is 0 Å². The summed E-state index contributed by atoms with van der Waals surface area (Å²) in [5.74, 6) is 2.93. The lowest BCUT2D eigenvalue weighted by molar-refractivity contribution is 0.399. The number of hydrogen-bond acceptors (Lipinski definition) is 6. The van der Waals surface area contributed by atoms with Gasteiger partial charge in [-0.3, -0.25) is 0 Å². The first-order valence-electron chi connectivity index (χ1n) is 4.86. The summed E-state index contributed by atoms with van der Waals surface area (Å²) in [7, 11) is 1.53. The van der Waals surface area contributed by atoms with Crippen LogP contribution in [0.15, 0.2) is 19.0 Å². The molecule has 0 aliphatic carbocycles. The van der Waals surface area contributed by atoms with Crippen LogP contribution in [0.4, 0.5) is 11.5 Å². The standard InChI is InChI=1S/C10H16N4OS/c1-3-5-16-6-4-12-9-8(11)10(15-2)14-7-13-9/h3,7H,1,4-6,11H2,2H3,(H,12,13,14). The molecule has 1 rings (SSSR count). The summed E-state index contributed by atoms with van der Waals surface area (Å²) >= 11 is 1.79.